The predicted octanol–water partition coefficient (Wildman–Crippen LogP) is 6.97. The van der Waals surface area contributed by atoms with Gasteiger partial charge in [-0.05, 0) is 60.7 Å². The van der Waals surface area contributed by atoms with Crippen molar-refractivity contribution in [2.24, 2.45) is 0 Å². The maximum Gasteiger partial charge on any atom is 0.261 e. The third-order valence-corrected chi connectivity index (χ3v) is 6.16. The molecule has 0 fully saturated rings. The van der Waals surface area contributed by atoms with Crippen molar-refractivity contribution in [1.82, 2.24) is 5.32 Å². The van der Waals surface area contributed by atoms with Crippen molar-refractivity contribution in [3.63, 3.8) is 0 Å². The lowest BCUT2D eigenvalue weighted by Crippen LogP contribution is -2.25. The first kappa shape index (κ1) is 27.9. The van der Waals surface area contributed by atoms with Gasteiger partial charge in [0.1, 0.15) is 18.2 Å². The van der Waals surface area contributed by atoms with Gasteiger partial charge in [0.25, 0.3) is 5.91 Å². The lowest BCUT2D eigenvalue weighted by Gasteiger charge is -2.16. The van der Waals surface area contributed by atoms with Crippen LogP contribution in [0, 0.1) is 11.3 Å². The number of nitrogens with one attached hydrogen (secondary N) is 1. The molecular weight excluding hydrogens is 507 g/mol. The molecule has 0 saturated heterocycles. The summed E-state index contributed by atoms with van der Waals surface area (Å²) in [5, 5.41) is 13.5. The number of hydrogen-bond acceptors (Lipinski definition) is 4. The summed E-state index contributed by atoms with van der Waals surface area (Å²) < 4.78 is 11.7. The average Bonchev–Trinajstić information content (AvgIpc) is 2.90. The number of carbonyl (C=O) groups excluding carboxylic acids is 1. The van der Waals surface area contributed by atoms with Gasteiger partial charge >= 0.3 is 0 Å². The van der Waals surface area contributed by atoms with Gasteiger partial charge in [-0.25, -0.2) is 0 Å². The molecule has 0 saturated carbocycles. The molecule has 1 amide bonds. The number of aryl methyl sites for hydroxylation is 1. The minimum absolute atomic E-state index is 0.00734. The van der Waals surface area contributed by atoms with E-state index in [9.17, 15) is 10.1 Å². The zero-order chi connectivity index (χ0) is 26.6. The lowest BCUT2D eigenvalue weighted by molar-refractivity contribution is -0.117. The molecule has 5 nitrogen and oxygen atoms in total. The van der Waals surface area contributed by atoms with E-state index in [-0.39, 0.29) is 12.2 Å². The number of nitriles is 1. The summed E-state index contributed by atoms with van der Waals surface area (Å²) in [6.07, 6.45) is 5.40. The largest absolute Gasteiger partial charge is 0.493 e. The van der Waals surface area contributed by atoms with Crippen LogP contribution in [0.5, 0.6) is 11.5 Å². The number of methoxy groups -OCH3 is 1. The molecule has 3 rings (SSSR count). The van der Waals surface area contributed by atoms with Crippen LogP contribution in [0.25, 0.3) is 6.08 Å². The molecule has 0 radical (unpaired) electrons. The van der Waals surface area contributed by atoms with Gasteiger partial charge in [0, 0.05) is 27.7 Å². The van der Waals surface area contributed by atoms with Gasteiger partial charge in [-0.15, -0.1) is 6.58 Å². The lowest BCUT2D eigenvalue weighted by atomic mass is 10.0. The van der Waals surface area contributed by atoms with Crippen LogP contribution in [0.4, 0.5) is 0 Å². The summed E-state index contributed by atoms with van der Waals surface area (Å²) in [6, 6.07) is 20.8. The summed E-state index contributed by atoms with van der Waals surface area (Å²) in [6.45, 7) is 4.51. The number of halogens is 2. The second kappa shape index (κ2) is 14.1. The van der Waals surface area contributed by atoms with Crippen molar-refractivity contribution in [3.05, 3.63) is 111 Å². The minimum Gasteiger partial charge on any atom is -0.493 e. The van der Waals surface area contributed by atoms with Gasteiger partial charge in [0.15, 0.2) is 11.5 Å². The Morgan fingerprint density at radius 2 is 1.89 bits per heavy atom. The van der Waals surface area contributed by atoms with Gasteiger partial charge in [0.2, 0.25) is 0 Å². The number of amides is 1. The average molecular weight is 535 g/mol. The highest BCUT2D eigenvalue weighted by Gasteiger charge is 2.15. The Balaban J connectivity index is 1.75. The van der Waals surface area contributed by atoms with Gasteiger partial charge in [0.05, 0.1) is 7.11 Å². The van der Waals surface area contributed by atoms with E-state index in [2.05, 4.69) is 11.9 Å². The third-order valence-electron chi connectivity index (χ3n) is 5.57. The number of nitrogens with zero attached hydrogens (tertiary/aromatic N) is 1. The van der Waals surface area contributed by atoms with Gasteiger partial charge < -0.3 is 14.8 Å². The number of allylic oxidation sites excluding steroid dienone is 1. The van der Waals surface area contributed by atoms with Crippen molar-refractivity contribution in [1.29, 1.82) is 5.26 Å². The third kappa shape index (κ3) is 8.15. The molecule has 0 aliphatic rings. The number of benzene rings is 3. The molecule has 3 aromatic carbocycles. The number of carbonyl (C=O) groups is 1. The summed E-state index contributed by atoms with van der Waals surface area (Å²) in [4.78, 5) is 12.6. The van der Waals surface area contributed by atoms with Crippen LogP contribution in [0.1, 0.15) is 28.7 Å². The Morgan fingerprint density at radius 1 is 1.11 bits per heavy atom. The summed E-state index contributed by atoms with van der Waals surface area (Å²) in [7, 11) is 1.54. The summed E-state index contributed by atoms with van der Waals surface area (Å²) in [5.74, 6) is 0.586. The van der Waals surface area contributed by atoms with Crippen LogP contribution in [-0.2, 0) is 24.2 Å². The SMILES string of the molecule is C=CCc1cc(/C=C(/C#N)C(=O)NCCCc2ccccc2)cc(OC)c1OCc1ccc(Cl)cc1Cl. The normalized spacial score (nSPS) is 10.9. The van der Waals surface area contributed by atoms with Crippen molar-refractivity contribution in [3.8, 4) is 17.6 Å². The molecule has 1 N–H and O–H groups in total. The van der Waals surface area contributed by atoms with Crippen LogP contribution in [0.3, 0.4) is 0 Å². The van der Waals surface area contributed by atoms with Crippen molar-refractivity contribution in [2.75, 3.05) is 13.7 Å². The Morgan fingerprint density at radius 3 is 2.57 bits per heavy atom. The second-order valence-electron chi connectivity index (χ2n) is 8.24. The molecule has 0 aromatic heterocycles. The van der Waals surface area contributed by atoms with Gasteiger partial charge in [-0.3, -0.25) is 4.79 Å². The highest BCUT2D eigenvalue weighted by molar-refractivity contribution is 6.35. The predicted molar refractivity (Wildman–Crippen MR) is 149 cm³/mol. The Kier molecular flexibility index (Phi) is 10.6. The van der Waals surface area contributed by atoms with Crippen molar-refractivity contribution < 1.29 is 14.3 Å². The smallest absolute Gasteiger partial charge is 0.261 e. The highest BCUT2D eigenvalue weighted by atomic mass is 35.5. The standard InChI is InChI=1S/C30H28Cl2N2O3/c1-3-8-23-15-22(16-25(19-33)30(35)34-14-7-11-21-9-5-4-6-10-21)17-28(36-2)29(23)37-20-24-12-13-26(31)18-27(24)32/h3-6,9-10,12-13,15-18H,1,7-8,11,14,20H2,2H3,(H,34,35)/b25-16-. The van der Waals surface area contributed by atoms with Crippen LogP contribution in [0.2, 0.25) is 10.0 Å². The van der Waals surface area contributed by atoms with Crippen LogP contribution >= 0.6 is 23.2 Å². The molecule has 0 unspecified atom stereocenters. The van der Waals surface area contributed by atoms with E-state index in [1.165, 1.54) is 12.7 Å². The molecule has 3 aromatic rings. The second-order valence-corrected chi connectivity index (χ2v) is 9.09. The van der Waals surface area contributed by atoms with Gasteiger partial charge in [-0.2, -0.15) is 5.26 Å². The first-order valence-corrected chi connectivity index (χ1v) is 12.5. The highest BCUT2D eigenvalue weighted by Crippen LogP contribution is 2.35. The minimum atomic E-state index is -0.419. The van der Waals surface area contributed by atoms with E-state index >= 15 is 0 Å². The van der Waals surface area contributed by atoms with Crippen molar-refractivity contribution in [2.45, 2.75) is 25.9 Å². The van der Waals surface area contributed by atoms with E-state index in [0.717, 1.165) is 24.0 Å². The first-order chi connectivity index (χ1) is 17.9. The first-order valence-electron chi connectivity index (χ1n) is 11.8. The van der Waals surface area contributed by atoms with Crippen LogP contribution in [-0.4, -0.2) is 19.6 Å². The van der Waals surface area contributed by atoms with Crippen LogP contribution in [0.15, 0.2) is 78.9 Å². The molecule has 7 heteroatoms. The fourth-order valence-corrected chi connectivity index (χ4v) is 4.19. The van der Waals surface area contributed by atoms with Crippen molar-refractivity contribution >= 4 is 35.2 Å². The fraction of sp³-hybridized carbons (Fsp3) is 0.200. The summed E-state index contributed by atoms with van der Waals surface area (Å²) in [5.41, 5.74) is 3.42. The van der Waals surface area contributed by atoms with Gasteiger partial charge in [-0.1, -0.05) is 65.7 Å². The molecule has 0 heterocycles. The Bertz CT molecular complexity index is 1310. The zero-order valence-corrected chi connectivity index (χ0v) is 22.1. The van der Waals surface area contributed by atoms with E-state index in [1.54, 1.807) is 36.4 Å². The molecule has 190 valence electrons. The van der Waals surface area contributed by atoms with E-state index in [1.807, 2.05) is 42.5 Å². The quantitative estimate of drug-likeness (QED) is 0.118. The fourth-order valence-electron chi connectivity index (χ4n) is 3.73. The summed E-state index contributed by atoms with van der Waals surface area (Å²) >= 11 is 12.3. The van der Waals surface area contributed by atoms with E-state index in [0.29, 0.717) is 40.1 Å². The number of ether oxygens (including phenoxy) is 2. The van der Waals surface area contributed by atoms with Crippen LogP contribution < -0.4 is 14.8 Å². The molecular formula is C30H28Cl2N2O3. The molecule has 37 heavy (non-hydrogen) atoms. The number of hydrogen-bond donors (Lipinski definition) is 1. The molecule has 0 aliphatic heterocycles. The maximum absolute atomic E-state index is 12.6. The molecule has 0 aliphatic carbocycles. The topological polar surface area (TPSA) is 71.4 Å². The van der Waals surface area contributed by atoms with E-state index < -0.39 is 5.91 Å². The maximum atomic E-state index is 12.6. The zero-order valence-electron chi connectivity index (χ0n) is 20.6. The molecule has 0 spiro atoms. The Labute approximate surface area is 227 Å². The monoisotopic (exact) mass is 534 g/mol. The number of rotatable bonds is 12. The van der Waals surface area contributed by atoms with E-state index in [4.69, 9.17) is 32.7 Å². The molecule has 0 atom stereocenters. The molecule has 0 bridgehead atoms. The Hall–Kier alpha value is -3.72.